The van der Waals surface area contributed by atoms with Crippen LogP contribution in [0.25, 0.3) is 11.0 Å². The lowest BCUT2D eigenvalue weighted by atomic mass is 10.1. The summed E-state index contributed by atoms with van der Waals surface area (Å²) in [7, 11) is 0. The Bertz CT molecular complexity index is 932. The molecule has 3 rings (SSSR count). The predicted molar refractivity (Wildman–Crippen MR) is 88.3 cm³/mol. The Hall–Kier alpha value is -2.90. The van der Waals surface area contributed by atoms with Crippen LogP contribution in [-0.2, 0) is 6.54 Å². The van der Waals surface area contributed by atoms with E-state index >= 15 is 0 Å². The Morgan fingerprint density at radius 3 is 2.58 bits per heavy atom. The molecule has 26 heavy (non-hydrogen) atoms. The highest BCUT2D eigenvalue weighted by Gasteiger charge is 2.41. The minimum atomic E-state index is -4.93. The van der Waals surface area contributed by atoms with Crippen molar-refractivity contribution in [3.05, 3.63) is 65.0 Å². The van der Waals surface area contributed by atoms with Crippen LogP contribution in [0.5, 0.6) is 0 Å². The highest BCUT2D eigenvalue weighted by Crippen LogP contribution is 2.35. The van der Waals surface area contributed by atoms with Gasteiger partial charge in [-0.25, -0.2) is 9.37 Å². The normalized spacial score (nSPS) is 13.0. The molecule has 3 aromatic rings. The molecule has 2 N–H and O–H groups in total. The van der Waals surface area contributed by atoms with Crippen LogP contribution in [0, 0.1) is 6.92 Å². The number of imidazole rings is 1. The average molecular weight is 365 g/mol. The number of alkyl halides is 4. The van der Waals surface area contributed by atoms with E-state index in [1.165, 1.54) is 18.5 Å². The topological polar surface area (TPSA) is 57.8 Å². The van der Waals surface area contributed by atoms with Gasteiger partial charge in [0.25, 0.3) is 5.91 Å². The Morgan fingerprint density at radius 1 is 1.23 bits per heavy atom. The number of amides is 1. The Morgan fingerprint density at radius 2 is 1.92 bits per heavy atom. The fourth-order valence-electron chi connectivity index (χ4n) is 2.64. The molecule has 0 saturated heterocycles. The van der Waals surface area contributed by atoms with Gasteiger partial charge < -0.3 is 10.3 Å². The number of fused-ring (bicyclic) bond motifs is 1. The molecule has 0 aliphatic carbocycles. The van der Waals surface area contributed by atoms with E-state index in [9.17, 15) is 22.4 Å². The fourth-order valence-corrected chi connectivity index (χ4v) is 2.64. The number of hydrogen-bond acceptors (Lipinski definition) is 2. The number of aromatic nitrogens is 2. The number of nitrogens with zero attached hydrogens (tertiary/aromatic N) is 1. The number of carbonyl (C=O) groups is 1. The maximum Gasteiger partial charge on any atom is 0.423 e. The molecule has 4 nitrogen and oxygen atoms in total. The molecule has 1 heterocycles. The van der Waals surface area contributed by atoms with Gasteiger partial charge in [0.15, 0.2) is 0 Å². The zero-order valence-electron chi connectivity index (χ0n) is 13.7. The monoisotopic (exact) mass is 365 g/mol. The Labute approximate surface area is 146 Å². The van der Waals surface area contributed by atoms with Crippen LogP contribution in [0.2, 0.25) is 0 Å². The molecule has 0 saturated carbocycles. The quantitative estimate of drug-likeness (QED) is 0.675. The third kappa shape index (κ3) is 3.68. The Balaban J connectivity index is 1.70. The molecule has 0 radical (unpaired) electrons. The summed E-state index contributed by atoms with van der Waals surface area (Å²) in [6.07, 6.45) is -6.46. The van der Waals surface area contributed by atoms with E-state index in [4.69, 9.17) is 0 Å². The number of carbonyl (C=O) groups excluding carboxylic acids is 1. The van der Waals surface area contributed by atoms with Crippen molar-refractivity contribution in [2.75, 3.05) is 0 Å². The summed E-state index contributed by atoms with van der Waals surface area (Å²) in [6, 6.07) is 8.42. The molecule has 8 heteroatoms. The fraction of sp³-hybridized carbons (Fsp3) is 0.222. The summed E-state index contributed by atoms with van der Waals surface area (Å²) in [5, 5.41) is 2.69. The van der Waals surface area contributed by atoms with Gasteiger partial charge in [0.2, 0.25) is 6.17 Å². The lowest BCUT2D eigenvalue weighted by Gasteiger charge is -2.13. The van der Waals surface area contributed by atoms with E-state index < -0.39 is 17.9 Å². The van der Waals surface area contributed by atoms with Crippen LogP contribution in [0.4, 0.5) is 17.6 Å². The number of rotatable bonds is 4. The molecule has 1 aromatic heterocycles. The molecule has 0 aliphatic rings. The summed E-state index contributed by atoms with van der Waals surface area (Å²) in [5.74, 6) is -0.353. The number of nitrogens with one attached hydrogen (secondary N) is 2. The van der Waals surface area contributed by atoms with Gasteiger partial charge in [-0.3, -0.25) is 4.79 Å². The van der Waals surface area contributed by atoms with Crippen molar-refractivity contribution in [3.8, 4) is 0 Å². The molecule has 136 valence electrons. The number of benzene rings is 2. The maximum absolute atomic E-state index is 13.3. The first-order valence-electron chi connectivity index (χ1n) is 7.77. The largest absolute Gasteiger partial charge is 0.423 e. The number of hydrogen-bond donors (Lipinski definition) is 2. The second-order valence-electron chi connectivity index (χ2n) is 5.94. The van der Waals surface area contributed by atoms with Gasteiger partial charge >= 0.3 is 6.18 Å². The molecular weight excluding hydrogens is 350 g/mol. The van der Waals surface area contributed by atoms with Gasteiger partial charge in [-0.15, -0.1) is 0 Å². The lowest BCUT2D eigenvalue weighted by molar-refractivity contribution is -0.182. The summed E-state index contributed by atoms with van der Waals surface area (Å²) in [4.78, 5) is 19.5. The van der Waals surface area contributed by atoms with E-state index in [1.54, 1.807) is 6.07 Å². The molecule has 2 aromatic carbocycles. The van der Waals surface area contributed by atoms with E-state index in [1.807, 2.05) is 13.0 Å². The SMILES string of the molecule is Cc1cc(C(=O)NCc2ccc(C(F)C(F)(F)F)cc2)c2nc[nH]c2c1. The highest BCUT2D eigenvalue weighted by atomic mass is 19.4. The molecular formula is C18H15F4N3O. The lowest BCUT2D eigenvalue weighted by Crippen LogP contribution is -2.23. The van der Waals surface area contributed by atoms with Crippen molar-refractivity contribution in [2.24, 2.45) is 0 Å². The van der Waals surface area contributed by atoms with Crippen LogP contribution >= 0.6 is 0 Å². The summed E-state index contributed by atoms with van der Waals surface area (Å²) in [6.45, 7) is 1.95. The van der Waals surface area contributed by atoms with Gasteiger partial charge in [-0.2, -0.15) is 13.2 Å². The van der Waals surface area contributed by atoms with Gasteiger partial charge in [-0.1, -0.05) is 24.3 Å². The van der Waals surface area contributed by atoms with E-state index in [2.05, 4.69) is 15.3 Å². The highest BCUT2D eigenvalue weighted by molar-refractivity contribution is 6.05. The van der Waals surface area contributed by atoms with Crippen molar-refractivity contribution in [1.82, 2.24) is 15.3 Å². The number of aryl methyl sites for hydroxylation is 1. The van der Waals surface area contributed by atoms with Crippen molar-refractivity contribution in [1.29, 1.82) is 0 Å². The van der Waals surface area contributed by atoms with Crippen molar-refractivity contribution in [3.63, 3.8) is 0 Å². The van der Waals surface area contributed by atoms with Crippen LogP contribution < -0.4 is 5.32 Å². The average Bonchev–Trinajstić information content (AvgIpc) is 3.06. The molecule has 1 unspecified atom stereocenters. The molecule has 1 atom stereocenters. The predicted octanol–water partition coefficient (Wildman–Crippen LogP) is 4.37. The Kier molecular flexibility index (Phi) is 4.67. The summed E-state index contributed by atoms with van der Waals surface area (Å²) in [5.41, 5.74) is 2.65. The van der Waals surface area contributed by atoms with Crippen LogP contribution in [-0.4, -0.2) is 22.1 Å². The zero-order chi connectivity index (χ0) is 18.9. The van der Waals surface area contributed by atoms with Crippen molar-refractivity contribution < 1.29 is 22.4 Å². The first kappa shape index (κ1) is 17.9. The summed E-state index contributed by atoms with van der Waals surface area (Å²) >= 11 is 0. The third-order valence-corrected chi connectivity index (χ3v) is 3.93. The molecule has 1 amide bonds. The van der Waals surface area contributed by atoms with Crippen molar-refractivity contribution >= 4 is 16.9 Å². The van der Waals surface area contributed by atoms with Gasteiger partial charge in [0, 0.05) is 6.54 Å². The van der Waals surface area contributed by atoms with Crippen LogP contribution in [0.15, 0.2) is 42.7 Å². The van der Waals surface area contributed by atoms with Gasteiger partial charge in [0.1, 0.15) is 5.52 Å². The first-order valence-corrected chi connectivity index (χ1v) is 7.77. The molecule has 0 aliphatic heterocycles. The van der Waals surface area contributed by atoms with E-state index in [0.717, 1.165) is 23.2 Å². The van der Waals surface area contributed by atoms with E-state index in [-0.39, 0.29) is 12.5 Å². The minimum absolute atomic E-state index is 0.0991. The van der Waals surface area contributed by atoms with Gasteiger partial charge in [-0.05, 0) is 35.7 Å². The first-order chi connectivity index (χ1) is 12.3. The van der Waals surface area contributed by atoms with Crippen LogP contribution in [0.3, 0.4) is 0 Å². The van der Waals surface area contributed by atoms with E-state index in [0.29, 0.717) is 16.6 Å². The third-order valence-electron chi connectivity index (χ3n) is 3.93. The zero-order valence-corrected chi connectivity index (χ0v) is 13.7. The van der Waals surface area contributed by atoms with Crippen molar-refractivity contribution in [2.45, 2.75) is 25.8 Å². The number of aromatic amines is 1. The molecule has 0 spiro atoms. The number of H-pyrrole nitrogens is 1. The van der Waals surface area contributed by atoms with Crippen LogP contribution in [0.1, 0.15) is 33.2 Å². The molecule has 0 bridgehead atoms. The second kappa shape index (κ2) is 6.78. The minimum Gasteiger partial charge on any atom is -0.348 e. The summed E-state index contributed by atoms with van der Waals surface area (Å²) < 4.78 is 50.4. The number of halogens is 4. The van der Waals surface area contributed by atoms with Gasteiger partial charge in [0.05, 0.1) is 17.4 Å². The standard InChI is InChI=1S/C18H15F4N3O/c1-10-6-13(15-14(7-10)24-9-25-15)17(26)23-8-11-2-4-12(5-3-11)16(19)18(20,21)22/h2-7,9,16H,8H2,1H3,(H,23,26)(H,24,25). The second-order valence-corrected chi connectivity index (χ2v) is 5.94. The molecule has 0 fully saturated rings. The maximum atomic E-state index is 13.3. The smallest absolute Gasteiger partial charge is 0.348 e.